The summed E-state index contributed by atoms with van der Waals surface area (Å²) >= 11 is 0. The van der Waals surface area contributed by atoms with E-state index in [4.69, 9.17) is 11.5 Å². The van der Waals surface area contributed by atoms with Crippen LogP contribution in [-0.4, -0.2) is 25.5 Å². The van der Waals surface area contributed by atoms with Crippen LogP contribution in [0.3, 0.4) is 0 Å². The molecule has 1 amide bonds. The number of anilines is 1. The molecule has 2 heterocycles. The van der Waals surface area contributed by atoms with Crippen molar-refractivity contribution in [2.45, 2.75) is 20.3 Å². The standard InChI is InChI=1S/C15H17N5O2/c1-7-3-4-9(21)8(2)12(7)20-13(16)10(14(17)22)11-15(20)19-6-5-18-11/h4-7,21H,3,16H2,1-2H3,(H2,17,22)/t7-/m1/s1. The molecule has 3 rings (SSSR count). The molecule has 0 spiro atoms. The summed E-state index contributed by atoms with van der Waals surface area (Å²) in [5.41, 5.74) is 14.1. The summed E-state index contributed by atoms with van der Waals surface area (Å²) in [4.78, 5) is 20.2. The molecular weight excluding hydrogens is 282 g/mol. The minimum atomic E-state index is -0.650. The molecule has 22 heavy (non-hydrogen) atoms. The van der Waals surface area contributed by atoms with Crippen molar-refractivity contribution >= 4 is 28.6 Å². The molecule has 1 aliphatic rings. The van der Waals surface area contributed by atoms with Gasteiger partial charge in [-0.3, -0.25) is 14.3 Å². The van der Waals surface area contributed by atoms with Crippen LogP contribution < -0.4 is 11.5 Å². The lowest BCUT2D eigenvalue weighted by atomic mass is 9.93. The number of aliphatic hydroxyl groups is 1. The van der Waals surface area contributed by atoms with Crippen molar-refractivity contribution in [3.05, 3.63) is 35.4 Å². The average Bonchev–Trinajstić information content (AvgIpc) is 2.76. The molecule has 1 aliphatic carbocycles. The summed E-state index contributed by atoms with van der Waals surface area (Å²) in [6, 6.07) is 0. The highest BCUT2D eigenvalue weighted by Gasteiger charge is 2.28. The third kappa shape index (κ3) is 1.86. The van der Waals surface area contributed by atoms with Crippen LogP contribution in [0.25, 0.3) is 16.9 Å². The zero-order valence-corrected chi connectivity index (χ0v) is 12.4. The Hall–Kier alpha value is -2.83. The number of hydrogen-bond donors (Lipinski definition) is 3. The summed E-state index contributed by atoms with van der Waals surface area (Å²) in [6.45, 7) is 3.83. The van der Waals surface area contributed by atoms with E-state index in [1.807, 2.05) is 13.8 Å². The van der Waals surface area contributed by atoms with Gasteiger partial charge in [0, 0.05) is 29.6 Å². The van der Waals surface area contributed by atoms with Gasteiger partial charge in [-0.2, -0.15) is 0 Å². The molecule has 7 nitrogen and oxygen atoms in total. The number of aromatic nitrogens is 3. The Morgan fingerprint density at radius 1 is 1.41 bits per heavy atom. The molecule has 0 aliphatic heterocycles. The third-order valence-corrected chi connectivity index (χ3v) is 4.01. The highest BCUT2D eigenvalue weighted by Crippen LogP contribution is 2.37. The number of nitrogen functional groups attached to an aromatic ring is 1. The highest BCUT2D eigenvalue weighted by molar-refractivity contribution is 6.09. The molecule has 0 saturated carbocycles. The number of rotatable bonds is 2. The van der Waals surface area contributed by atoms with Gasteiger partial charge in [-0.1, -0.05) is 6.92 Å². The summed E-state index contributed by atoms with van der Waals surface area (Å²) in [7, 11) is 0. The van der Waals surface area contributed by atoms with E-state index in [9.17, 15) is 9.90 Å². The normalized spacial score (nSPS) is 18.6. The first-order chi connectivity index (χ1) is 10.4. The number of hydrogen-bond acceptors (Lipinski definition) is 5. The van der Waals surface area contributed by atoms with E-state index < -0.39 is 5.91 Å². The fraction of sp³-hybridized carbons (Fsp3) is 0.267. The lowest BCUT2D eigenvalue weighted by Crippen LogP contribution is -2.17. The Morgan fingerprint density at radius 2 is 2.09 bits per heavy atom. The Bertz CT molecular complexity index is 847. The number of primary amides is 1. The predicted octanol–water partition coefficient (Wildman–Crippen LogP) is 1.83. The molecule has 2 aromatic heterocycles. The Kier molecular flexibility index (Phi) is 3.13. The molecule has 0 fully saturated rings. The van der Waals surface area contributed by atoms with E-state index >= 15 is 0 Å². The zero-order chi connectivity index (χ0) is 16.0. The molecule has 114 valence electrons. The van der Waals surface area contributed by atoms with Crippen LogP contribution in [0.1, 0.15) is 30.6 Å². The molecule has 0 aromatic carbocycles. The van der Waals surface area contributed by atoms with Crippen LogP contribution in [0, 0.1) is 5.92 Å². The van der Waals surface area contributed by atoms with E-state index in [2.05, 4.69) is 9.97 Å². The minimum Gasteiger partial charge on any atom is -0.508 e. The molecular formula is C15H17N5O2. The second kappa shape index (κ2) is 4.87. The van der Waals surface area contributed by atoms with Gasteiger partial charge in [-0.25, -0.2) is 4.98 Å². The molecule has 0 saturated heterocycles. The SMILES string of the molecule is CC1=C(n2c(N)c(C(N)=O)c3nccnc32)[C@H](C)CC=C1O. The first kappa shape index (κ1) is 14.1. The monoisotopic (exact) mass is 299 g/mol. The van der Waals surface area contributed by atoms with Crippen LogP contribution in [-0.2, 0) is 0 Å². The topological polar surface area (TPSA) is 120 Å². The number of carbonyl (C=O) groups excluding carboxylic acids is 1. The van der Waals surface area contributed by atoms with E-state index in [0.29, 0.717) is 23.2 Å². The van der Waals surface area contributed by atoms with E-state index in [0.717, 1.165) is 5.70 Å². The van der Waals surface area contributed by atoms with Crippen LogP contribution in [0.5, 0.6) is 0 Å². The number of fused-ring (bicyclic) bond motifs is 1. The van der Waals surface area contributed by atoms with Gasteiger partial charge >= 0.3 is 0 Å². The number of nitrogens with zero attached hydrogens (tertiary/aromatic N) is 3. The summed E-state index contributed by atoms with van der Waals surface area (Å²) in [6.07, 6.45) is 5.46. The molecule has 7 heteroatoms. The van der Waals surface area contributed by atoms with E-state index in [1.54, 1.807) is 10.6 Å². The third-order valence-electron chi connectivity index (χ3n) is 4.01. The number of aliphatic hydroxyl groups excluding tert-OH is 1. The van der Waals surface area contributed by atoms with Gasteiger partial charge in [-0.15, -0.1) is 0 Å². The van der Waals surface area contributed by atoms with Crippen LogP contribution in [0.15, 0.2) is 29.8 Å². The minimum absolute atomic E-state index is 0.108. The Morgan fingerprint density at radius 3 is 2.77 bits per heavy atom. The second-order valence-electron chi connectivity index (χ2n) is 5.42. The number of allylic oxidation sites excluding steroid dienone is 3. The van der Waals surface area contributed by atoms with Gasteiger partial charge < -0.3 is 16.6 Å². The van der Waals surface area contributed by atoms with Crippen molar-refractivity contribution in [3.8, 4) is 0 Å². The smallest absolute Gasteiger partial charge is 0.254 e. The van der Waals surface area contributed by atoms with Crippen LogP contribution in [0.2, 0.25) is 0 Å². The highest BCUT2D eigenvalue weighted by atomic mass is 16.3. The molecule has 0 unspecified atom stereocenters. The van der Waals surface area contributed by atoms with Gasteiger partial charge in [0.15, 0.2) is 5.65 Å². The molecule has 2 aromatic rings. The second-order valence-corrected chi connectivity index (χ2v) is 5.42. The van der Waals surface area contributed by atoms with Gasteiger partial charge in [0.2, 0.25) is 0 Å². The fourth-order valence-electron chi connectivity index (χ4n) is 2.95. The summed E-state index contributed by atoms with van der Waals surface area (Å²) in [5, 5.41) is 10.0. The van der Waals surface area contributed by atoms with Crippen molar-refractivity contribution < 1.29 is 9.90 Å². The van der Waals surface area contributed by atoms with Gasteiger partial charge in [0.25, 0.3) is 5.91 Å². The lowest BCUT2D eigenvalue weighted by Gasteiger charge is -2.24. The van der Waals surface area contributed by atoms with Crippen molar-refractivity contribution in [2.75, 3.05) is 5.73 Å². The fourth-order valence-corrected chi connectivity index (χ4v) is 2.95. The number of amides is 1. The predicted molar refractivity (Wildman–Crippen MR) is 83.8 cm³/mol. The first-order valence-corrected chi connectivity index (χ1v) is 6.94. The van der Waals surface area contributed by atoms with E-state index in [-0.39, 0.29) is 23.1 Å². The number of carbonyl (C=O) groups is 1. The van der Waals surface area contributed by atoms with Crippen molar-refractivity contribution in [3.63, 3.8) is 0 Å². The molecule has 1 atom stereocenters. The van der Waals surface area contributed by atoms with E-state index in [1.165, 1.54) is 12.4 Å². The zero-order valence-electron chi connectivity index (χ0n) is 12.4. The van der Waals surface area contributed by atoms with Gasteiger partial charge in [-0.05, 0) is 19.4 Å². The quantitative estimate of drug-likeness (QED) is 0.781. The van der Waals surface area contributed by atoms with Gasteiger partial charge in [0.05, 0.1) is 0 Å². The average molecular weight is 299 g/mol. The maximum Gasteiger partial charge on any atom is 0.254 e. The largest absolute Gasteiger partial charge is 0.508 e. The van der Waals surface area contributed by atoms with Crippen molar-refractivity contribution in [1.82, 2.24) is 14.5 Å². The lowest BCUT2D eigenvalue weighted by molar-refractivity contribution is 0.100. The Balaban J connectivity index is 2.42. The van der Waals surface area contributed by atoms with Gasteiger partial charge in [0.1, 0.15) is 22.7 Å². The number of nitrogens with two attached hydrogens (primary N) is 2. The maximum atomic E-state index is 11.7. The summed E-state index contributed by atoms with van der Waals surface area (Å²) < 4.78 is 1.67. The van der Waals surface area contributed by atoms with Crippen molar-refractivity contribution in [2.24, 2.45) is 11.7 Å². The summed E-state index contributed by atoms with van der Waals surface area (Å²) in [5.74, 6) is -0.136. The molecule has 0 bridgehead atoms. The maximum absolute atomic E-state index is 11.7. The van der Waals surface area contributed by atoms with Crippen LogP contribution in [0.4, 0.5) is 5.82 Å². The molecule has 0 radical (unpaired) electrons. The Labute approximate surface area is 127 Å². The first-order valence-electron chi connectivity index (χ1n) is 6.94. The van der Waals surface area contributed by atoms with Crippen molar-refractivity contribution in [1.29, 1.82) is 0 Å². The molecule has 5 N–H and O–H groups in total. The van der Waals surface area contributed by atoms with Crippen LogP contribution >= 0.6 is 0 Å².